The lowest BCUT2D eigenvalue weighted by Crippen LogP contribution is -2.49. The maximum absolute atomic E-state index is 6.19. The molecule has 0 saturated carbocycles. The van der Waals surface area contributed by atoms with Crippen LogP contribution in [-0.2, 0) is 13.1 Å². The molecule has 0 spiro atoms. The van der Waals surface area contributed by atoms with E-state index in [-0.39, 0.29) is 0 Å². The lowest BCUT2D eigenvalue weighted by Gasteiger charge is -2.36. The topological polar surface area (TPSA) is 36.3 Å². The van der Waals surface area contributed by atoms with E-state index < -0.39 is 0 Å². The molecular formula is C18H24ClN5S. The fourth-order valence-corrected chi connectivity index (χ4v) is 3.54. The molecule has 1 fully saturated rings. The Morgan fingerprint density at radius 3 is 2.60 bits per heavy atom. The summed E-state index contributed by atoms with van der Waals surface area (Å²) in [6, 6.07) is 7.67. The maximum atomic E-state index is 6.19. The second-order valence-corrected chi connectivity index (χ2v) is 7.04. The van der Waals surface area contributed by atoms with E-state index in [4.69, 9.17) is 23.8 Å². The van der Waals surface area contributed by atoms with E-state index in [1.54, 1.807) is 0 Å². The summed E-state index contributed by atoms with van der Waals surface area (Å²) >= 11 is 11.7. The smallest absolute Gasteiger partial charge is 0.173 e. The van der Waals surface area contributed by atoms with Gasteiger partial charge in [0.25, 0.3) is 0 Å². The molecule has 1 N–H and O–H groups in total. The lowest BCUT2D eigenvalue weighted by atomic mass is 10.2. The number of hydrogen-bond donors (Lipinski definition) is 1. The standard InChI is InChI=1S/C18H24ClN5S/c1-3-24-14(2)15(12-20-24)13-22-8-10-23(11-9-22)18(25)21-17-7-5-4-6-16(17)19/h4-7,12H,3,8-11,13H2,1-2H3,(H,21,25). The van der Waals surface area contributed by atoms with Crippen molar-refractivity contribution in [3.8, 4) is 0 Å². The molecule has 25 heavy (non-hydrogen) atoms. The number of aromatic nitrogens is 2. The summed E-state index contributed by atoms with van der Waals surface area (Å²) in [7, 11) is 0. The number of thiocarbonyl (C=S) groups is 1. The summed E-state index contributed by atoms with van der Waals surface area (Å²) in [5.74, 6) is 0. The van der Waals surface area contributed by atoms with Crippen LogP contribution in [0.2, 0.25) is 5.02 Å². The molecule has 1 saturated heterocycles. The number of nitrogens with zero attached hydrogens (tertiary/aromatic N) is 4. The van der Waals surface area contributed by atoms with Gasteiger partial charge in [-0.05, 0) is 38.2 Å². The highest BCUT2D eigenvalue weighted by atomic mass is 35.5. The molecule has 0 amide bonds. The summed E-state index contributed by atoms with van der Waals surface area (Å²) in [5, 5.41) is 9.12. The third-order valence-electron chi connectivity index (χ3n) is 4.67. The highest BCUT2D eigenvalue weighted by Crippen LogP contribution is 2.21. The fraction of sp³-hybridized carbons (Fsp3) is 0.444. The van der Waals surface area contributed by atoms with Crippen LogP contribution in [0.15, 0.2) is 30.5 Å². The van der Waals surface area contributed by atoms with Gasteiger partial charge < -0.3 is 10.2 Å². The predicted octanol–water partition coefficient (Wildman–Crippen LogP) is 3.38. The minimum Gasteiger partial charge on any atom is -0.346 e. The molecule has 5 nitrogen and oxygen atoms in total. The molecule has 7 heteroatoms. The number of anilines is 1. The third-order valence-corrected chi connectivity index (χ3v) is 5.36. The molecule has 0 aliphatic carbocycles. The minimum absolute atomic E-state index is 0.687. The van der Waals surface area contributed by atoms with Crippen LogP contribution in [0.5, 0.6) is 0 Å². The Hall–Kier alpha value is -1.63. The number of para-hydroxylation sites is 1. The van der Waals surface area contributed by atoms with Gasteiger partial charge in [0.2, 0.25) is 0 Å². The van der Waals surface area contributed by atoms with E-state index in [9.17, 15) is 0 Å². The monoisotopic (exact) mass is 377 g/mol. The minimum atomic E-state index is 0.687. The Kier molecular flexibility index (Phi) is 5.93. The van der Waals surface area contributed by atoms with Crippen LogP contribution in [0, 0.1) is 6.92 Å². The summed E-state index contributed by atoms with van der Waals surface area (Å²) in [6.45, 7) is 9.93. The largest absolute Gasteiger partial charge is 0.346 e. The van der Waals surface area contributed by atoms with Crippen molar-refractivity contribution in [2.45, 2.75) is 26.9 Å². The van der Waals surface area contributed by atoms with Gasteiger partial charge in [0.1, 0.15) is 0 Å². The molecule has 134 valence electrons. The molecule has 1 aromatic carbocycles. The average Bonchev–Trinajstić information content (AvgIpc) is 2.97. The Balaban J connectivity index is 1.52. The van der Waals surface area contributed by atoms with E-state index in [0.29, 0.717) is 5.02 Å². The normalized spacial score (nSPS) is 15.4. The van der Waals surface area contributed by atoms with Crippen LogP contribution in [0.25, 0.3) is 0 Å². The van der Waals surface area contributed by atoms with Crippen molar-refractivity contribution in [3.05, 3.63) is 46.7 Å². The maximum Gasteiger partial charge on any atom is 0.173 e. The molecule has 1 aliphatic rings. The SMILES string of the molecule is CCn1ncc(CN2CCN(C(=S)Nc3ccccc3Cl)CC2)c1C. The lowest BCUT2D eigenvalue weighted by molar-refractivity contribution is 0.176. The van der Waals surface area contributed by atoms with Crippen molar-refractivity contribution in [2.24, 2.45) is 0 Å². The summed E-state index contributed by atoms with van der Waals surface area (Å²) < 4.78 is 2.05. The number of halogens is 1. The van der Waals surface area contributed by atoms with Crippen molar-refractivity contribution < 1.29 is 0 Å². The van der Waals surface area contributed by atoms with Crippen LogP contribution < -0.4 is 5.32 Å². The van der Waals surface area contributed by atoms with E-state index >= 15 is 0 Å². The van der Waals surface area contributed by atoms with Crippen molar-refractivity contribution in [1.29, 1.82) is 0 Å². The van der Waals surface area contributed by atoms with Crippen LogP contribution in [-0.4, -0.2) is 50.9 Å². The molecule has 0 radical (unpaired) electrons. The molecule has 3 rings (SSSR count). The summed E-state index contributed by atoms with van der Waals surface area (Å²) in [4.78, 5) is 4.66. The predicted molar refractivity (Wildman–Crippen MR) is 107 cm³/mol. The summed E-state index contributed by atoms with van der Waals surface area (Å²) in [5.41, 5.74) is 3.44. The average molecular weight is 378 g/mol. The first-order valence-corrected chi connectivity index (χ1v) is 9.41. The van der Waals surface area contributed by atoms with Crippen LogP contribution >= 0.6 is 23.8 Å². The van der Waals surface area contributed by atoms with Crippen molar-refractivity contribution in [2.75, 3.05) is 31.5 Å². The van der Waals surface area contributed by atoms with Crippen LogP contribution in [0.1, 0.15) is 18.2 Å². The number of nitrogens with one attached hydrogen (secondary N) is 1. The van der Waals surface area contributed by atoms with Crippen molar-refractivity contribution in [3.63, 3.8) is 0 Å². The van der Waals surface area contributed by atoms with Gasteiger partial charge >= 0.3 is 0 Å². The van der Waals surface area contributed by atoms with E-state index in [1.807, 2.05) is 35.1 Å². The van der Waals surface area contributed by atoms with E-state index in [1.165, 1.54) is 11.3 Å². The van der Waals surface area contributed by atoms with Gasteiger partial charge in [0.15, 0.2) is 5.11 Å². The highest BCUT2D eigenvalue weighted by Gasteiger charge is 2.20. The highest BCUT2D eigenvalue weighted by molar-refractivity contribution is 7.80. The zero-order valence-electron chi connectivity index (χ0n) is 14.7. The van der Waals surface area contributed by atoms with Gasteiger partial charge in [0, 0.05) is 50.5 Å². The van der Waals surface area contributed by atoms with Gasteiger partial charge in [-0.25, -0.2) is 0 Å². The Labute approximate surface area is 159 Å². The molecule has 0 unspecified atom stereocenters. The molecule has 0 bridgehead atoms. The van der Waals surface area contributed by atoms with Gasteiger partial charge in [-0.2, -0.15) is 5.10 Å². The first-order valence-electron chi connectivity index (χ1n) is 8.62. The molecule has 0 atom stereocenters. The number of aryl methyl sites for hydroxylation is 1. The Morgan fingerprint density at radius 1 is 1.24 bits per heavy atom. The molecule has 2 heterocycles. The van der Waals surface area contributed by atoms with Crippen molar-refractivity contribution >= 4 is 34.6 Å². The van der Waals surface area contributed by atoms with Crippen LogP contribution in [0.3, 0.4) is 0 Å². The van der Waals surface area contributed by atoms with Gasteiger partial charge in [0.05, 0.1) is 16.9 Å². The van der Waals surface area contributed by atoms with Crippen LogP contribution in [0.4, 0.5) is 5.69 Å². The van der Waals surface area contributed by atoms with Gasteiger partial charge in [-0.15, -0.1) is 0 Å². The molecule has 1 aliphatic heterocycles. The Morgan fingerprint density at radius 2 is 1.96 bits per heavy atom. The van der Waals surface area contributed by atoms with E-state index in [2.05, 4.69) is 34.1 Å². The first kappa shape index (κ1) is 18.2. The number of piperazine rings is 1. The Bertz CT molecular complexity index is 737. The zero-order chi connectivity index (χ0) is 17.8. The van der Waals surface area contributed by atoms with E-state index in [0.717, 1.165) is 50.1 Å². The van der Waals surface area contributed by atoms with Gasteiger partial charge in [-0.1, -0.05) is 23.7 Å². The second-order valence-electron chi connectivity index (χ2n) is 6.24. The summed E-state index contributed by atoms with van der Waals surface area (Å²) in [6.07, 6.45) is 1.99. The third kappa shape index (κ3) is 4.32. The molecule has 2 aromatic rings. The second kappa shape index (κ2) is 8.17. The molecule has 1 aromatic heterocycles. The molecular weight excluding hydrogens is 354 g/mol. The first-order chi connectivity index (χ1) is 12.1. The number of hydrogen-bond acceptors (Lipinski definition) is 3. The number of rotatable bonds is 4. The van der Waals surface area contributed by atoms with Crippen molar-refractivity contribution in [1.82, 2.24) is 19.6 Å². The zero-order valence-corrected chi connectivity index (χ0v) is 16.3. The fourth-order valence-electron chi connectivity index (χ4n) is 3.07. The van der Waals surface area contributed by atoms with Gasteiger partial charge in [-0.3, -0.25) is 9.58 Å². The quantitative estimate of drug-likeness (QED) is 0.826. The number of benzene rings is 1.